The Morgan fingerprint density at radius 1 is 1.19 bits per heavy atom. The van der Waals surface area contributed by atoms with E-state index in [-0.39, 0.29) is 10.9 Å². The first-order valence-electron chi connectivity index (χ1n) is 10.2. The predicted molar refractivity (Wildman–Crippen MR) is 122 cm³/mol. The first kappa shape index (κ1) is 20.5. The summed E-state index contributed by atoms with van der Waals surface area (Å²) in [4.78, 5) is 8.55. The van der Waals surface area contributed by atoms with Crippen molar-refractivity contribution < 1.29 is 13.9 Å². The van der Waals surface area contributed by atoms with Gasteiger partial charge < -0.3 is 24.7 Å². The Balaban J connectivity index is 1.24. The second-order valence-corrected chi connectivity index (χ2v) is 8.05. The molecule has 0 amide bonds. The van der Waals surface area contributed by atoms with Crippen LogP contribution in [0, 0.1) is 5.82 Å². The smallest absolute Gasteiger partial charge is 0.255 e. The van der Waals surface area contributed by atoms with Gasteiger partial charge in [0, 0.05) is 25.5 Å². The molecule has 7 nitrogen and oxygen atoms in total. The van der Waals surface area contributed by atoms with Crippen LogP contribution in [0.5, 0.6) is 11.6 Å². The first-order chi connectivity index (χ1) is 15.5. The summed E-state index contributed by atoms with van der Waals surface area (Å²) in [5.41, 5.74) is 4.05. The highest BCUT2D eigenvalue weighted by molar-refractivity contribution is 6.30. The highest BCUT2D eigenvalue weighted by atomic mass is 35.5. The summed E-state index contributed by atoms with van der Waals surface area (Å²) in [7, 11) is 1.98. The molecule has 2 N–H and O–H groups in total. The zero-order chi connectivity index (χ0) is 22.1. The molecular formula is C23H21ClFN5O2. The van der Waals surface area contributed by atoms with Crippen molar-refractivity contribution in [1.82, 2.24) is 14.5 Å². The molecule has 0 bridgehead atoms. The Morgan fingerprint density at radius 2 is 2.00 bits per heavy atom. The van der Waals surface area contributed by atoms with Crippen LogP contribution in [0.3, 0.4) is 0 Å². The summed E-state index contributed by atoms with van der Waals surface area (Å²) < 4.78 is 26.6. The van der Waals surface area contributed by atoms with Crippen molar-refractivity contribution in [2.45, 2.75) is 12.6 Å². The van der Waals surface area contributed by atoms with Crippen LogP contribution in [0.4, 0.5) is 16.0 Å². The summed E-state index contributed by atoms with van der Waals surface area (Å²) in [6.07, 6.45) is 1.34. The van der Waals surface area contributed by atoms with Crippen molar-refractivity contribution in [3.8, 4) is 11.6 Å². The molecule has 9 heteroatoms. The molecule has 1 fully saturated rings. The number of anilines is 2. The van der Waals surface area contributed by atoms with Crippen LogP contribution in [0.2, 0.25) is 5.02 Å². The van der Waals surface area contributed by atoms with Crippen LogP contribution in [-0.4, -0.2) is 33.8 Å². The highest BCUT2D eigenvalue weighted by Crippen LogP contribution is 2.26. The molecule has 0 radical (unpaired) electrons. The second kappa shape index (κ2) is 8.64. The van der Waals surface area contributed by atoms with Crippen molar-refractivity contribution in [3.05, 3.63) is 71.1 Å². The van der Waals surface area contributed by atoms with Crippen molar-refractivity contribution >= 4 is 34.3 Å². The molecule has 2 aromatic carbocycles. The van der Waals surface area contributed by atoms with Gasteiger partial charge in [-0.25, -0.2) is 14.4 Å². The summed E-state index contributed by atoms with van der Waals surface area (Å²) >= 11 is 5.72. The maximum atomic E-state index is 13.9. The molecule has 1 saturated heterocycles. The minimum atomic E-state index is -0.607. The molecule has 164 valence electrons. The van der Waals surface area contributed by atoms with E-state index in [0.29, 0.717) is 18.3 Å². The van der Waals surface area contributed by atoms with Crippen LogP contribution in [0.1, 0.15) is 5.56 Å². The number of hydrogen-bond acceptors (Lipinski definition) is 6. The maximum Gasteiger partial charge on any atom is 0.255 e. The number of pyridine rings is 1. The van der Waals surface area contributed by atoms with Gasteiger partial charge in [-0.1, -0.05) is 23.7 Å². The Kier molecular flexibility index (Phi) is 5.55. The molecule has 0 spiro atoms. The van der Waals surface area contributed by atoms with Crippen LogP contribution in [0.15, 0.2) is 54.7 Å². The normalized spacial score (nSPS) is 13.7. The van der Waals surface area contributed by atoms with Gasteiger partial charge in [0.2, 0.25) is 5.95 Å². The fourth-order valence-corrected chi connectivity index (χ4v) is 3.58. The first-order valence-corrected chi connectivity index (χ1v) is 10.6. The van der Waals surface area contributed by atoms with Crippen molar-refractivity contribution in [2.75, 3.05) is 23.8 Å². The second-order valence-electron chi connectivity index (χ2n) is 7.62. The summed E-state index contributed by atoms with van der Waals surface area (Å²) in [5.74, 6) is 0.544. The van der Waals surface area contributed by atoms with Gasteiger partial charge in [0.15, 0.2) is 5.82 Å². The quantitative estimate of drug-likeness (QED) is 0.411. The molecule has 0 saturated carbocycles. The number of benzene rings is 2. The van der Waals surface area contributed by atoms with Crippen LogP contribution >= 0.6 is 11.6 Å². The zero-order valence-corrected chi connectivity index (χ0v) is 18.1. The largest absolute Gasteiger partial charge is 0.436 e. The van der Waals surface area contributed by atoms with Gasteiger partial charge in [-0.2, -0.15) is 0 Å². The van der Waals surface area contributed by atoms with Crippen molar-refractivity contribution in [3.63, 3.8) is 0 Å². The lowest BCUT2D eigenvalue weighted by Gasteiger charge is -2.27. The molecule has 0 aliphatic carbocycles. The number of imidazole rings is 1. The van der Waals surface area contributed by atoms with Gasteiger partial charge >= 0.3 is 0 Å². The number of ether oxygens (including phenoxy) is 2. The minimum absolute atomic E-state index is 0.112. The summed E-state index contributed by atoms with van der Waals surface area (Å²) in [5, 5.41) is 7.05. The van der Waals surface area contributed by atoms with Crippen LogP contribution in [0.25, 0.3) is 11.0 Å². The van der Waals surface area contributed by atoms with E-state index in [9.17, 15) is 4.39 Å². The molecule has 32 heavy (non-hydrogen) atoms. The van der Waals surface area contributed by atoms with Gasteiger partial charge in [-0.3, -0.25) is 0 Å². The van der Waals surface area contributed by atoms with E-state index < -0.39 is 5.82 Å². The molecule has 4 aromatic rings. The average molecular weight is 454 g/mol. The number of halogens is 2. The number of fused-ring (bicyclic) bond motifs is 1. The number of hydrogen-bond donors (Lipinski definition) is 2. The summed E-state index contributed by atoms with van der Waals surface area (Å²) in [6.45, 7) is 2.06. The Morgan fingerprint density at radius 3 is 2.72 bits per heavy atom. The summed E-state index contributed by atoms with van der Waals surface area (Å²) in [6, 6.07) is 15.0. The average Bonchev–Trinajstić information content (AvgIpc) is 3.07. The molecule has 5 rings (SSSR count). The molecule has 0 unspecified atom stereocenters. The number of nitrogens with one attached hydrogen (secondary N) is 2. The van der Waals surface area contributed by atoms with Gasteiger partial charge in [0.25, 0.3) is 5.88 Å². The minimum Gasteiger partial charge on any atom is -0.436 e. The topological polar surface area (TPSA) is 73.2 Å². The lowest BCUT2D eigenvalue weighted by atomic mass is 10.2. The van der Waals surface area contributed by atoms with Gasteiger partial charge in [-0.15, -0.1) is 0 Å². The van der Waals surface area contributed by atoms with Gasteiger partial charge in [0.05, 0.1) is 35.3 Å². The van der Waals surface area contributed by atoms with E-state index in [1.54, 1.807) is 12.1 Å². The predicted octanol–water partition coefficient (Wildman–Crippen LogP) is 4.98. The zero-order valence-electron chi connectivity index (χ0n) is 17.3. The SMILES string of the molecule is Cn1c(NCc2ccc(Oc3ncc(Cl)cc3F)cc2)nc2ccc(NC3COC3)cc21. The molecule has 0 atom stereocenters. The maximum absolute atomic E-state index is 13.9. The van der Waals surface area contributed by atoms with Crippen LogP contribution < -0.4 is 15.4 Å². The molecule has 2 aromatic heterocycles. The third kappa shape index (κ3) is 4.32. The van der Waals surface area contributed by atoms with E-state index in [2.05, 4.69) is 26.7 Å². The van der Waals surface area contributed by atoms with Crippen molar-refractivity contribution in [1.29, 1.82) is 0 Å². The Hall–Kier alpha value is -3.36. The third-order valence-corrected chi connectivity index (χ3v) is 5.46. The molecular weight excluding hydrogens is 433 g/mol. The molecule has 1 aliphatic heterocycles. The molecule has 1 aliphatic rings. The third-order valence-electron chi connectivity index (χ3n) is 5.25. The van der Waals surface area contributed by atoms with E-state index >= 15 is 0 Å². The van der Waals surface area contributed by atoms with Crippen molar-refractivity contribution in [2.24, 2.45) is 7.05 Å². The van der Waals surface area contributed by atoms with Crippen LogP contribution in [-0.2, 0) is 18.3 Å². The van der Waals surface area contributed by atoms with E-state index in [1.165, 1.54) is 12.3 Å². The fraction of sp³-hybridized carbons (Fsp3) is 0.217. The highest BCUT2D eigenvalue weighted by Gasteiger charge is 2.18. The van der Waals surface area contributed by atoms with Gasteiger partial charge in [-0.05, 0) is 42.0 Å². The fourth-order valence-electron chi connectivity index (χ4n) is 3.44. The van der Waals surface area contributed by atoms with E-state index in [4.69, 9.17) is 21.1 Å². The lowest BCUT2D eigenvalue weighted by molar-refractivity contribution is 0.0211. The number of aromatic nitrogens is 3. The molecule has 3 heterocycles. The standard InChI is InChI=1S/C23H21ClFN5O2/c1-30-21-9-16(28-17-12-31-13-17)4-7-20(21)29-23(30)27-10-14-2-5-18(6-3-14)32-22-19(25)8-15(24)11-26-22/h2-9,11,17,28H,10,12-13H2,1H3,(H,27,29). The number of nitrogens with zero attached hydrogens (tertiary/aromatic N) is 3. The van der Waals surface area contributed by atoms with E-state index in [1.807, 2.05) is 35.9 Å². The van der Waals surface area contributed by atoms with E-state index in [0.717, 1.165) is 41.4 Å². The Bertz CT molecular complexity index is 1260. The monoisotopic (exact) mass is 453 g/mol. The Labute approximate surface area is 189 Å². The number of rotatable bonds is 7. The number of aryl methyl sites for hydroxylation is 1. The lowest BCUT2D eigenvalue weighted by Crippen LogP contribution is -2.40. The van der Waals surface area contributed by atoms with Gasteiger partial charge in [0.1, 0.15) is 5.75 Å².